The first-order chi connectivity index (χ1) is 6.50. The van der Waals surface area contributed by atoms with Gasteiger partial charge in [-0.25, -0.2) is 9.78 Å². The zero-order valence-corrected chi connectivity index (χ0v) is 8.00. The summed E-state index contributed by atoms with van der Waals surface area (Å²) < 4.78 is 0. The Labute approximate surface area is 84.7 Å². The SMILES string of the molecule is Cc1cc(Cl)cnc1NC(=O)C(=O)O. The zero-order valence-electron chi connectivity index (χ0n) is 7.24. The lowest BCUT2D eigenvalue weighted by Gasteiger charge is -2.04. The fourth-order valence-electron chi connectivity index (χ4n) is 0.832. The number of carboxylic acid groups (broad SMARTS) is 1. The number of aryl methyl sites for hydroxylation is 1. The normalized spacial score (nSPS) is 9.57. The molecule has 0 atom stereocenters. The van der Waals surface area contributed by atoms with Crippen molar-refractivity contribution in [1.82, 2.24) is 4.98 Å². The first kappa shape index (κ1) is 10.5. The highest BCUT2D eigenvalue weighted by Crippen LogP contribution is 2.15. The van der Waals surface area contributed by atoms with Crippen LogP contribution in [0.2, 0.25) is 5.02 Å². The Morgan fingerprint density at radius 1 is 1.57 bits per heavy atom. The molecule has 1 heterocycles. The number of aromatic nitrogens is 1. The number of nitrogens with zero attached hydrogens (tertiary/aromatic N) is 1. The molecule has 0 aromatic carbocycles. The van der Waals surface area contributed by atoms with Gasteiger partial charge in [-0.2, -0.15) is 0 Å². The molecule has 0 radical (unpaired) electrons. The van der Waals surface area contributed by atoms with E-state index in [0.29, 0.717) is 10.6 Å². The van der Waals surface area contributed by atoms with Gasteiger partial charge in [-0.15, -0.1) is 0 Å². The molecule has 0 unspecified atom stereocenters. The van der Waals surface area contributed by atoms with E-state index in [1.807, 2.05) is 0 Å². The van der Waals surface area contributed by atoms with Crippen molar-refractivity contribution in [3.05, 3.63) is 22.8 Å². The fourth-order valence-corrected chi connectivity index (χ4v) is 1.04. The number of hydrogen-bond donors (Lipinski definition) is 2. The highest BCUT2D eigenvalue weighted by Gasteiger charge is 2.12. The molecule has 6 heteroatoms. The van der Waals surface area contributed by atoms with Gasteiger partial charge in [0.05, 0.1) is 5.02 Å². The van der Waals surface area contributed by atoms with Crippen LogP contribution in [-0.2, 0) is 9.59 Å². The summed E-state index contributed by atoms with van der Waals surface area (Å²) in [4.78, 5) is 24.8. The first-order valence-electron chi connectivity index (χ1n) is 3.67. The van der Waals surface area contributed by atoms with Crippen LogP contribution in [0.5, 0.6) is 0 Å². The van der Waals surface area contributed by atoms with Gasteiger partial charge in [0.25, 0.3) is 0 Å². The van der Waals surface area contributed by atoms with Crippen LogP contribution >= 0.6 is 11.6 Å². The van der Waals surface area contributed by atoms with Crippen molar-refractivity contribution in [3.8, 4) is 0 Å². The van der Waals surface area contributed by atoms with Gasteiger partial charge in [0.2, 0.25) is 0 Å². The van der Waals surface area contributed by atoms with Crippen LogP contribution in [0.3, 0.4) is 0 Å². The minimum absolute atomic E-state index is 0.196. The predicted octanol–water partition coefficient (Wildman–Crippen LogP) is 1.07. The highest BCUT2D eigenvalue weighted by molar-refractivity contribution is 6.36. The van der Waals surface area contributed by atoms with E-state index in [-0.39, 0.29) is 5.82 Å². The summed E-state index contributed by atoms with van der Waals surface area (Å²) in [5.41, 5.74) is 0.604. The quantitative estimate of drug-likeness (QED) is 0.686. The summed E-state index contributed by atoms with van der Waals surface area (Å²) >= 11 is 5.62. The highest BCUT2D eigenvalue weighted by atomic mass is 35.5. The maximum Gasteiger partial charge on any atom is 0.394 e. The van der Waals surface area contributed by atoms with E-state index in [2.05, 4.69) is 10.3 Å². The van der Waals surface area contributed by atoms with E-state index >= 15 is 0 Å². The van der Waals surface area contributed by atoms with Crippen molar-refractivity contribution in [2.75, 3.05) is 5.32 Å². The van der Waals surface area contributed by atoms with Crippen LogP contribution in [-0.4, -0.2) is 22.0 Å². The minimum Gasteiger partial charge on any atom is -0.474 e. The number of amides is 1. The Bertz CT molecular complexity index is 392. The van der Waals surface area contributed by atoms with Crippen LogP contribution in [0.25, 0.3) is 0 Å². The molecule has 0 aliphatic rings. The van der Waals surface area contributed by atoms with Crippen molar-refractivity contribution < 1.29 is 14.7 Å². The number of nitrogens with one attached hydrogen (secondary N) is 1. The maximum absolute atomic E-state index is 10.8. The van der Waals surface area contributed by atoms with Crippen LogP contribution in [0.4, 0.5) is 5.82 Å². The number of rotatable bonds is 1. The van der Waals surface area contributed by atoms with Crippen LogP contribution in [0.1, 0.15) is 5.56 Å². The molecule has 0 bridgehead atoms. The minimum atomic E-state index is -1.55. The number of pyridine rings is 1. The lowest BCUT2D eigenvalue weighted by molar-refractivity contribution is -0.147. The molecule has 0 saturated heterocycles. The third-order valence-electron chi connectivity index (χ3n) is 1.47. The number of carbonyl (C=O) groups is 2. The molecule has 0 spiro atoms. The van der Waals surface area contributed by atoms with Crippen LogP contribution in [0.15, 0.2) is 12.3 Å². The molecule has 0 aliphatic heterocycles. The lowest BCUT2D eigenvalue weighted by Crippen LogP contribution is -2.22. The largest absolute Gasteiger partial charge is 0.474 e. The summed E-state index contributed by atoms with van der Waals surface area (Å²) in [7, 11) is 0. The van der Waals surface area contributed by atoms with Crippen molar-refractivity contribution in [2.45, 2.75) is 6.92 Å². The lowest BCUT2D eigenvalue weighted by atomic mass is 10.3. The summed E-state index contributed by atoms with van der Waals surface area (Å²) in [6.07, 6.45) is 1.33. The number of hydrogen-bond acceptors (Lipinski definition) is 3. The van der Waals surface area contributed by atoms with E-state index < -0.39 is 11.9 Å². The summed E-state index contributed by atoms with van der Waals surface area (Å²) in [5, 5.41) is 10.9. The molecule has 2 N–H and O–H groups in total. The molecular weight excluding hydrogens is 208 g/mol. The van der Waals surface area contributed by atoms with Gasteiger partial charge in [-0.3, -0.25) is 4.79 Å². The molecule has 74 valence electrons. The van der Waals surface area contributed by atoms with Gasteiger partial charge >= 0.3 is 11.9 Å². The van der Waals surface area contributed by atoms with Crippen molar-refractivity contribution in [1.29, 1.82) is 0 Å². The second-order valence-corrected chi connectivity index (χ2v) is 3.01. The average Bonchev–Trinajstić information content (AvgIpc) is 2.09. The van der Waals surface area contributed by atoms with Crippen LogP contribution in [0, 0.1) is 6.92 Å². The van der Waals surface area contributed by atoms with E-state index in [9.17, 15) is 9.59 Å². The first-order valence-corrected chi connectivity index (χ1v) is 4.05. The Kier molecular flexibility index (Phi) is 3.03. The molecule has 0 saturated carbocycles. The smallest absolute Gasteiger partial charge is 0.394 e. The molecule has 0 fully saturated rings. The molecular formula is C8H7ClN2O3. The third kappa shape index (κ3) is 2.43. The van der Waals surface area contributed by atoms with E-state index in [0.717, 1.165) is 0 Å². The van der Waals surface area contributed by atoms with Gasteiger partial charge in [-0.1, -0.05) is 11.6 Å². The van der Waals surface area contributed by atoms with E-state index in [1.54, 1.807) is 13.0 Å². The standard InChI is InChI=1S/C8H7ClN2O3/c1-4-2-5(9)3-10-6(4)11-7(12)8(13)14/h2-3H,1H3,(H,13,14)(H,10,11,12). The summed E-state index contributed by atoms with van der Waals surface area (Å²) in [5.74, 6) is -2.48. The zero-order chi connectivity index (χ0) is 10.7. The van der Waals surface area contributed by atoms with Gasteiger partial charge in [0, 0.05) is 6.20 Å². The van der Waals surface area contributed by atoms with Gasteiger partial charge < -0.3 is 10.4 Å². The molecule has 1 rings (SSSR count). The van der Waals surface area contributed by atoms with Gasteiger partial charge in [-0.05, 0) is 18.6 Å². The molecule has 1 amide bonds. The number of carbonyl (C=O) groups excluding carboxylic acids is 1. The topological polar surface area (TPSA) is 79.3 Å². The number of carboxylic acids is 1. The van der Waals surface area contributed by atoms with Crippen molar-refractivity contribution in [3.63, 3.8) is 0 Å². The van der Waals surface area contributed by atoms with Gasteiger partial charge in [0.1, 0.15) is 5.82 Å². The molecule has 14 heavy (non-hydrogen) atoms. The molecule has 1 aromatic heterocycles. The average molecular weight is 215 g/mol. The van der Waals surface area contributed by atoms with Gasteiger partial charge in [0.15, 0.2) is 0 Å². The summed E-state index contributed by atoms with van der Waals surface area (Å²) in [6.45, 7) is 1.66. The Hall–Kier alpha value is -1.62. The van der Waals surface area contributed by atoms with Crippen LogP contribution < -0.4 is 5.32 Å². The fraction of sp³-hybridized carbons (Fsp3) is 0.125. The Balaban J connectivity index is 2.87. The molecule has 1 aromatic rings. The number of anilines is 1. The van der Waals surface area contributed by atoms with Crippen molar-refractivity contribution >= 4 is 29.3 Å². The van der Waals surface area contributed by atoms with E-state index in [4.69, 9.17) is 16.7 Å². The predicted molar refractivity (Wildman–Crippen MR) is 50.2 cm³/mol. The second-order valence-electron chi connectivity index (χ2n) is 2.58. The summed E-state index contributed by atoms with van der Waals surface area (Å²) in [6, 6.07) is 1.58. The molecule has 0 aliphatic carbocycles. The Morgan fingerprint density at radius 2 is 2.21 bits per heavy atom. The number of halogens is 1. The van der Waals surface area contributed by atoms with Crippen molar-refractivity contribution in [2.24, 2.45) is 0 Å². The maximum atomic E-state index is 10.8. The molecule has 5 nitrogen and oxygen atoms in total. The number of aliphatic carboxylic acids is 1. The Morgan fingerprint density at radius 3 is 2.71 bits per heavy atom. The van der Waals surface area contributed by atoms with E-state index in [1.165, 1.54) is 6.20 Å². The second kappa shape index (κ2) is 4.06. The third-order valence-corrected chi connectivity index (χ3v) is 1.68. The monoisotopic (exact) mass is 214 g/mol.